The fourth-order valence-electron chi connectivity index (χ4n) is 7.41. The zero-order chi connectivity index (χ0) is 33.6. The molecule has 1 unspecified atom stereocenters. The van der Waals surface area contributed by atoms with E-state index in [1.807, 2.05) is 30.3 Å². The highest BCUT2D eigenvalue weighted by Crippen LogP contribution is 2.60. The number of aliphatic hydroxyl groups excluding tert-OH is 1. The maximum Gasteiger partial charge on any atom is 0.306 e. The summed E-state index contributed by atoms with van der Waals surface area (Å²) in [7, 11) is 0. The van der Waals surface area contributed by atoms with Crippen LogP contribution in [-0.4, -0.2) is 132 Å². The van der Waals surface area contributed by atoms with Crippen LogP contribution in [0, 0.1) is 11.8 Å². The molecular weight excluding hydrogens is 672 g/mol. The Morgan fingerprint density at radius 1 is 1.17 bits per heavy atom. The second kappa shape index (κ2) is 15.9. The molecule has 12 nitrogen and oxygen atoms in total. The van der Waals surface area contributed by atoms with Crippen molar-refractivity contribution in [2.75, 3.05) is 65.7 Å². The van der Waals surface area contributed by atoms with E-state index in [0.717, 1.165) is 18.7 Å². The smallest absolute Gasteiger partial charge is 0.306 e. The summed E-state index contributed by atoms with van der Waals surface area (Å²) in [5, 5.41) is 13.0. The Hall–Kier alpha value is -3.10. The lowest BCUT2D eigenvalue weighted by molar-refractivity contribution is -0.148. The molecule has 4 saturated heterocycles. The van der Waals surface area contributed by atoms with Gasteiger partial charge in [0.25, 0.3) is 0 Å². The number of allylic oxidation sites excluding steroid dienone is 1. The Labute approximate surface area is 284 Å². The van der Waals surface area contributed by atoms with Gasteiger partial charge >= 0.3 is 5.97 Å². The quantitative estimate of drug-likeness (QED) is 0.148. The molecule has 1 aromatic rings. The van der Waals surface area contributed by atoms with E-state index in [9.17, 15) is 24.3 Å². The third kappa shape index (κ3) is 7.34. The van der Waals surface area contributed by atoms with Gasteiger partial charge in [-0.3, -0.25) is 24.1 Å². The molecule has 47 heavy (non-hydrogen) atoms. The molecule has 4 heterocycles. The molecule has 0 aromatic heterocycles. The number of alkyl halides is 1. The number of benzene rings is 1. The zero-order valence-electron chi connectivity index (χ0n) is 26.6. The van der Waals surface area contributed by atoms with Crippen LogP contribution in [0.25, 0.3) is 0 Å². The highest BCUT2D eigenvalue weighted by atomic mass is 79.9. The zero-order valence-corrected chi connectivity index (χ0v) is 28.2. The van der Waals surface area contributed by atoms with Gasteiger partial charge in [-0.1, -0.05) is 58.4 Å². The number of rotatable bonds is 16. The number of β-amino-alcohol motifs (C(OH)–C–C–N with tert-alkyl or cyclic N) is 1. The predicted molar refractivity (Wildman–Crippen MR) is 176 cm³/mol. The van der Waals surface area contributed by atoms with E-state index < -0.39 is 53.4 Å². The molecule has 4 fully saturated rings. The summed E-state index contributed by atoms with van der Waals surface area (Å²) in [5.74, 6) is -3.37. The lowest BCUT2D eigenvalue weighted by atomic mass is 9.70. The van der Waals surface area contributed by atoms with Gasteiger partial charge in [0.2, 0.25) is 17.7 Å². The van der Waals surface area contributed by atoms with Crippen LogP contribution in [-0.2, 0) is 33.4 Å². The number of hydrogen-bond acceptors (Lipinski definition) is 9. The summed E-state index contributed by atoms with van der Waals surface area (Å²) in [6.45, 7) is 11.1. The number of carbonyl (C=O) groups excluding carboxylic acids is 4. The van der Waals surface area contributed by atoms with Gasteiger partial charge in [-0.15, -0.1) is 13.2 Å². The van der Waals surface area contributed by atoms with Gasteiger partial charge in [0.15, 0.2) is 0 Å². The Kier molecular flexibility index (Phi) is 11.9. The van der Waals surface area contributed by atoms with Crippen LogP contribution in [0.1, 0.15) is 30.9 Å². The molecular formula is C34H45BrN4O8. The number of nitrogens with one attached hydrogen (secondary N) is 1. The van der Waals surface area contributed by atoms with Gasteiger partial charge < -0.3 is 34.4 Å². The summed E-state index contributed by atoms with van der Waals surface area (Å²) < 4.78 is 17.6. The van der Waals surface area contributed by atoms with E-state index in [4.69, 9.17) is 14.2 Å². The van der Waals surface area contributed by atoms with Crippen LogP contribution < -0.4 is 5.32 Å². The maximum atomic E-state index is 14.4. The van der Waals surface area contributed by atoms with Crippen LogP contribution in [0.4, 0.5) is 0 Å². The van der Waals surface area contributed by atoms with Crippen molar-refractivity contribution >= 4 is 39.6 Å². The fraction of sp³-hybridized carbons (Fsp3) is 0.588. The van der Waals surface area contributed by atoms with Crippen LogP contribution in [0.3, 0.4) is 0 Å². The number of amides is 3. The number of ether oxygens (including phenoxy) is 3. The predicted octanol–water partition coefficient (Wildman–Crippen LogP) is 1.44. The first-order valence-electron chi connectivity index (χ1n) is 16.3. The van der Waals surface area contributed by atoms with Crippen molar-refractivity contribution in [3.63, 3.8) is 0 Å². The van der Waals surface area contributed by atoms with Gasteiger partial charge in [-0.2, -0.15) is 0 Å². The summed E-state index contributed by atoms with van der Waals surface area (Å²) in [5.41, 5.74) is -0.526. The molecule has 4 aliphatic rings. The van der Waals surface area contributed by atoms with Crippen molar-refractivity contribution in [3.05, 3.63) is 61.2 Å². The van der Waals surface area contributed by atoms with Gasteiger partial charge in [-0.25, -0.2) is 0 Å². The van der Waals surface area contributed by atoms with E-state index in [1.165, 1.54) is 4.90 Å². The summed E-state index contributed by atoms with van der Waals surface area (Å²) in [6, 6.07) is 7.48. The minimum Gasteiger partial charge on any atom is -0.463 e. The molecule has 0 saturated carbocycles. The molecule has 0 radical (unpaired) electrons. The number of morpholine rings is 1. The first-order valence-corrected chi connectivity index (χ1v) is 17.2. The third-order valence-electron chi connectivity index (χ3n) is 9.60. The average molecular weight is 718 g/mol. The monoisotopic (exact) mass is 716 g/mol. The highest BCUT2D eigenvalue weighted by molar-refractivity contribution is 9.09. The first kappa shape index (κ1) is 35.2. The molecule has 256 valence electrons. The van der Waals surface area contributed by atoms with E-state index in [1.54, 1.807) is 17.1 Å². The van der Waals surface area contributed by atoms with Crippen molar-refractivity contribution in [3.8, 4) is 0 Å². The molecule has 3 amide bonds. The molecule has 13 heteroatoms. The van der Waals surface area contributed by atoms with Gasteiger partial charge in [0.1, 0.15) is 18.2 Å². The Bertz CT molecular complexity index is 1310. The first-order chi connectivity index (χ1) is 22.7. The minimum absolute atomic E-state index is 0.0680. The van der Waals surface area contributed by atoms with Crippen LogP contribution >= 0.6 is 15.9 Å². The number of carbonyl (C=O) groups is 4. The second-order valence-electron chi connectivity index (χ2n) is 12.4. The molecule has 2 N–H and O–H groups in total. The fourth-order valence-corrected chi connectivity index (χ4v) is 8.35. The number of fused-ring (bicyclic) bond motifs is 1. The normalized spacial score (nSPS) is 28.9. The topological polar surface area (TPSA) is 138 Å². The minimum atomic E-state index is -1.26. The molecule has 1 spiro atoms. The molecule has 2 bridgehead atoms. The maximum absolute atomic E-state index is 14.4. The lowest BCUT2D eigenvalue weighted by Crippen LogP contribution is -2.58. The molecule has 4 aliphatic heterocycles. The van der Waals surface area contributed by atoms with Gasteiger partial charge in [-0.05, 0) is 18.4 Å². The third-order valence-corrected chi connectivity index (χ3v) is 10.4. The molecule has 7 atom stereocenters. The van der Waals surface area contributed by atoms with Crippen LogP contribution in [0.2, 0.25) is 0 Å². The largest absolute Gasteiger partial charge is 0.463 e. The van der Waals surface area contributed by atoms with E-state index in [2.05, 4.69) is 39.3 Å². The standard InChI is InChI=1S/C34H45BrN4O8/c1-3-5-11-26(41)46-22-25(23-9-7-6-8-10-23)36-31(42)27-28-32(43)39(15-18-40)30(34(28)21-24(35)29(27)47-34)33(44)38(12-4-2)14-13-37-16-19-45-20-17-37/h3-4,6-10,24-25,27-30,40H,1-2,5,11-22H2,(H,36,42)/t24?,25-,27-,28+,29-,30-,34+/m1/s1. The number of aliphatic hydroxyl groups is 1. The summed E-state index contributed by atoms with van der Waals surface area (Å²) >= 11 is 3.71. The van der Waals surface area contributed by atoms with E-state index in [-0.39, 0.29) is 43.5 Å². The second-order valence-corrected chi connectivity index (χ2v) is 13.6. The number of nitrogens with zero attached hydrogens (tertiary/aromatic N) is 3. The highest BCUT2D eigenvalue weighted by Gasteiger charge is 2.76. The number of hydrogen-bond donors (Lipinski definition) is 2. The Morgan fingerprint density at radius 3 is 2.60 bits per heavy atom. The van der Waals surface area contributed by atoms with Crippen molar-refractivity contribution in [2.45, 2.75) is 47.9 Å². The van der Waals surface area contributed by atoms with E-state index in [0.29, 0.717) is 39.1 Å². The van der Waals surface area contributed by atoms with Crippen molar-refractivity contribution in [1.82, 2.24) is 20.0 Å². The average Bonchev–Trinajstić information content (AvgIpc) is 3.67. The molecule has 0 aliphatic carbocycles. The van der Waals surface area contributed by atoms with Crippen molar-refractivity contribution in [1.29, 1.82) is 0 Å². The van der Waals surface area contributed by atoms with Crippen molar-refractivity contribution in [2.24, 2.45) is 11.8 Å². The van der Waals surface area contributed by atoms with Crippen molar-refractivity contribution < 1.29 is 38.5 Å². The lowest BCUT2D eigenvalue weighted by Gasteiger charge is -2.37. The number of esters is 1. The van der Waals surface area contributed by atoms with E-state index >= 15 is 0 Å². The summed E-state index contributed by atoms with van der Waals surface area (Å²) in [6.07, 6.45) is 3.63. The summed E-state index contributed by atoms with van der Waals surface area (Å²) in [4.78, 5) is 60.2. The van der Waals surface area contributed by atoms with Gasteiger partial charge in [0.05, 0.1) is 43.8 Å². The van der Waals surface area contributed by atoms with Crippen LogP contribution in [0.5, 0.6) is 0 Å². The Morgan fingerprint density at radius 2 is 1.91 bits per heavy atom. The number of halogens is 1. The SMILES string of the molecule is C=CCCC(=O)OC[C@@H](NC(=O)[C@H]1[C@@H]2O[C@@]3(CC2Br)[C@@H]1C(=O)N(CCO)[C@@H]3C(=O)N(CC=C)CCN1CCOCC1)c1ccccc1. The van der Waals surface area contributed by atoms with Gasteiger partial charge in [0, 0.05) is 50.5 Å². The molecule has 1 aromatic carbocycles. The molecule has 5 rings (SSSR count). The van der Waals surface area contributed by atoms with Crippen LogP contribution in [0.15, 0.2) is 55.6 Å². The Balaban J connectivity index is 1.39. The number of likely N-dealkylation sites (tertiary alicyclic amines) is 1.